The van der Waals surface area contributed by atoms with Gasteiger partial charge in [0.05, 0.1) is 18.3 Å². The minimum Gasteiger partial charge on any atom is -0.391 e. The lowest BCUT2D eigenvalue weighted by Gasteiger charge is -2.21. The fourth-order valence-corrected chi connectivity index (χ4v) is 1.41. The van der Waals surface area contributed by atoms with Gasteiger partial charge in [0.15, 0.2) is 0 Å². The predicted octanol–water partition coefficient (Wildman–Crippen LogP) is 3.52. The second-order valence-corrected chi connectivity index (χ2v) is 5.28. The lowest BCUT2D eigenvalue weighted by Crippen LogP contribution is -2.26. The Balaban J connectivity index is 3.30. The van der Waals surface area contributed by atoms with E-state index in [-0.39, 0.29) is 11.7 Å². The molecule has 15 heavy (non-hydrogen) atoms. The van der Waals surface area contributed by atoms with Gasteiger partial charge < -0.3 is 9.84 Å². The van der Waals surface area contributed by atoms with E-state index in [2.05, 4.69) is 6.92 Å². The first kappa shape index (κ1) is 14.9. The Morgan fingerprint density at radius 1 is 1.07 bits per heavy atom. The van der Waals surface area contributed by atoms with Crippen molar-refractivity contribution in [2.45, 2.75) is 77.9 Å². The molecule has 0 heterocycles. The van der Waals surface area contributed by atoms with Crippen LogP contribution in [0.2, 0.25) is 0 Å². The van der Waals surface area contributed by atoms with Gasteiger partial charge in [-0.25, -0.2) is 0 Å². The Kier molecular flexibility index (Phi) is 8.07. The molecule has 1 N–H and O–H groups in total. The van der Waals surface area contributed by atoms with Gasteiger partial charge in [-0.15, -0.1) is 0 Å². The smallest absolute Gasteiger partial charge is 0.0774 e. The van der Waals surface area contributed by atoms with E-state index in [1.54, 1.807) is 0 Å². The molecule has 92 valence electrons. The highest BCUT2D eigenvalue weighted by atomic mass is 16.5. The van der Waals surface area contributed by atoms with Gasteiger partial charge in [-0.3, -0.25) is 0 Å². The molecule has 0 saturated heterocycles. The molecule has 0 spiro atoms. The van der Waals surface area contributed by atoms with E-state index >= 15 is 0 Å². The molecule has 0 fully saturated rings. The first-order valence-electron chi connectivity index (χ1n) is 6.27. The SMILES string of the molecule is CCCCCCCC(O)COC(C)(C)C. The van der Waals surface area contributed by atoms with Crippen LogP contribution in [0.3, 0.4) is 0 Å². The summed E-state index contributed by atoms with van der Waals surface area (Å²) in [6.07, 6.45) is 6.83. The normalized spacial score (nSPS) is 14.2. The number of rotatable bonds is 8. The van der Waals surface area contributed by atoms with Gasteiger partial charge in [-0.1, -0.05) is 39.0 Å². The molecule has 0 bridgehead atoms. The van der Waals surface area contributed by atoms with Crippen LogP contribution in [0.5, 0.6) is 0 Å². The van der Waals surface area contributed by atoms with Crippen LogP contribution in [0, 0.1) is 0 Å². The molecule has 0 aliphatic heterocycles. The molecule has 1 atom stereocenters. The highest BCUT2D eigenvalue weighted by Gasteiger charge is 2.13. The summed E-state index contributed by atoms with van der Waals surface area (Å²) < 4.78 is 5.52. The van der Waals surface area contributed by atoms with Crippen molar-refractivity contribution in [3.05, 3.63) is 0 Å². The Labute approximate surface area is 95.0 Å². The average Bonchev–Trinajstić information content (AvgIpc) is 2.13. The molecular formula is C13H28O2. The van der Waals surface area contributed by atoms with E-state index in [9.17, 15) is 5.11 Å². The minimum atomic E-state index is -0.286. The summed E-state index contributed by atoms with van der Waals surface area (Å²) in [6.45, 7) is 8.73. The number of unbranched alkanes of at least 4 members (excludes halogenated alkanes) is 4. The van der Waals surface area contributed by atoms with E-state index < -0.39 is 0 Å². The molecule has 0 aliphatic rings. The lowest BCUT2D eigenvalue weighted by atomic mass is 10.1. The molecule has 1 unspecified atom stereocenters. The number of ether oxygens (including phenoxy) is 1. The van der Waals surface area contributed by atoms with Crippen LogP contribution < -0.4 is 0 Å². The average molecular weight is 216 g/mol. The Morgan fingerprint density at radius 2 is 1.67 bits per heavy atom. The van der Waals surface area contributed by atoms with Gasteiger partial charge >= 0.3 is 0 Å². The van der Waals surface area contributed by atoms with Gasteiger partial charge in [-0.05, 0) is 27.2 Å². The molecule has 0 rings (SSSR count). The summed E-state index contributed by atoms with van der Waals surface area (Å²) in [5.41, 5.74) is -0.136. The molecule has 2 heteroatoms. The minimum absolute atomic E-state index is 0.136. The maximum Gasteiger partial charge on any atom is 0.0774 e. The van der Waals surface area contributed by atoms with E-state index in [0.717, 1.165) is 12.8 Å². The predicted molar refractivity (Wildman–Crippen MR) is 65.1 cm³/mol. The van der Waals surface area contributed by atoms with Crippen molar-refractivity contribution in [2.75, 3.05) is 6.61 Å². The molecule has 0 aromatic carbocycles. The van der Waals surface area contributed by atoms with E-state index in [1.165, 1.54) is 25.7 Å². The largest absolute Gasteiger partial charge is 0.391 e. The second kappa shape index (κ2) is 8.12. The molecule has 0 aliphatic carbocycles. The third kappa shape index (κ3) is 11.8. The van der Waals surface area contributed by atoms with Crippen molar-refractivity contribution in [3.8, 4) is 0 Å². The van der Waals surface area contributed by atoms with Gasteiger partial charge in [0.2, 0.25) is 0 Å². The van der Waals surface area contributed by atoms with Crippen molar-refractivity contribution in [1.82, 2.24) is 0 Å². The molecule has 0 aromatic rings. The quantitative estimate of drug-likeness (QED) is 0.629. The maximum absolute atomic E-state index is 9.64. The van der Waals surface area contributed by atoms with Crippen LogP contribution in [0.25, 0.3) is 0 Å². The standard InChI is InChI=1S/C13H28O2/c1-5-6-7-8-9-10-12(14)11-15-13(2,3)4/h12,14H,5-11H2,1-4H3. The van der Waals surface area contributed by atoms with Gasteiger partial charge in [0.1, 0.15) is 0 Å². The van der Waals surface area contributed by atoms with Gasteiger partial charge in [0, 0.05) is 0 Å². The highest BCUT2D eigenvalue weighted by molar-refractivity contribution is 4.62. The Morgan fingerprint density at radius 3 is 2.20 bits per heavy atom. The lowest BCUT2D eigenvalue weighted by molar-refractivity contribution is -0.0509. The van der Waals surface area contributed by atoms with Crippen molar-refractivity contribution in [1.29, 1.82) is 0 Å². The molecular weight excluding hydrogens is 188 g/mol. The van der Waals surface area contributed by atoms with E-state index in [4.69, 9.17) is 4.74 Å². The first-order valence-corrected chi connectivity index (χ1v) is 6.27. The fourth-order valence-electron chi connectivity index (χ4n) is 1.41. The van der Waals surface area contributed by atoms with Crippen molar-refractivity contribution in [3.63, 3.8) is 0 Å². The number of aliphatic hydroxyl groups is 1. The van der Waals surface area contributed by atoms with Crippen LogP contribution in [0.15, 0.2) is 0 Å². The summed E-state index contributed by atoms with van der Waals surface area (Å²) in [5, 5.41) is 9.64. The van der Waals surface area contributed by atoms with Crippen LogP contribution in [0.4, 0.5) is 0 Å². The van der Waals surface area contributed by atoms with E-state index in [0.29, 0.717) is 6.61 Å². The van der Waals surface area contributed by atoms with Gasteiger partial charge in [-0.2, -0.15) is 0 Å². The van der Waals surface area contributed by atoms with Crippen LogP contribution >= 0.6 is 0 Å². The number of hydrogen-bond donors (Lipinski definition) is 1. The second-order valence-electron chi connectivity index (χ2n) is 5.28. The summed E-state index contributed by atoms with van der Waals surface area (Å²) >= 11 is 0. The molecule has 0 saturated carbocycles. The zero-order valence-corrected chi connectivity index (χ0v) is 10.9. The van der Waals surface area contributed by atoms with Crippen molar-refractivity contribution in [2.24, 2.45) is 0 Å². The zero-order valence-electron chi connectivity index (χ0n) is 10.9. The summed E-state index contributed by atoms with van der Waals surface area (Å²) in [7, 11) is 0. The van der Waals surface area contributed by atoms with Crippen LogP contribution in [-0.2, 0) is 4.74 Å². The summed E-state index contributed by atoms with van der Waals surface area (Å²) in [5.74, 6) is 0. The third-order valence-electron chi connectivity index (χ3n) is 2.35. The van der Waals surface area contributed by atoms with E-state index in [1.807, 2.05) is 20.8 Å². The van der Waals surface area contributed by atoms with Crippen molar-refractivity contribution < 1.29 is 9.84 Å². The third-order valence-corrected chi connectivity index (χ3v) is 2.35. The Hall–Kier alpha value is -0.0800. The topological polar surface area (TPSA) is 29.5 Å². The fraction of sp³-hybridized carbons (Fsp3) is 1.00. The van der Waals surface area contributed by atoms with Crippen LogP contribution in [0.1, 0.15) is 66.2 Å². The summed E-state index contributed by atoms with van der Waals surface area (Å²) in [4.78, 5) is 0. The first-order chi connectivity index (χ1) is 6.95. The zero-order chi connectivity index (χ0) is 11.7. The van der Waals surface area contributed by atoms with Crippen molar-refractivity contribution >= 4 is 0 Å². The van der Waals surface area contributed by atoms with Crippen LogP contribution in [-0.4, -0.2) is 23.4 Å². The number of hydrogen-bond acceptors (Lipinski definition) is 2. The summed E-state index contributed by atoms with van der Waals surface area (Å²) in [6, 6.07) is 0. The molecule has 2 nitrogen and oxygen atoms in total. The highest BCUT2D eigenvalue weighted by Crippen LogP contribution is 2.11. The monoisotopic (exact) mass is 216 g/mol. The van der Waals surface area contributed by atoms with Gasteiger partial charge in [0.25, 0.3) is 0 Å². The Bertz CT molecular complexity index is 138. The molecule has 0 amide bonds. The molecule has 0 aromatic heterocycles. The number of aliphatic hydroxyl groups excluding tert-OH is 1. The maximum atomic E-state index is 9.64. The molecule has 0 radical (unpaired) electrons.